The summed E-state index contributed by atoms with van der Waals surface area (Å²) in [6.45, 7) is 3.75. The molecule has 0 aliphatic carbocycles. The zero-order valence-electron chi connectivity index (χ0n) is 17.0. The van der Waals surface area contributed by atoms with Crippen molar-refractivity contribution in [3.63, 3.8) is 0 Å². The normalized spacial score (nSPS) is 16.2. The lowest BCUT2D eigenvalue weighted by Crippen LogP contribution is -2.46. The maximum absolute atomic E-state index is 13.2. The van der Waals surface area contributed by atoms with Crippen LogP contribution in [-0.4, -0.2) is 47.5 Å². The largest absolute Gasteiger partial charge is 0.490 e. The van der Waals surface area contributed by atoms with Crippen molar-refractivity contribution in [3.05, 3.63) is 63.5 Å². The topological polar surface area (TPSA) is 80.6 Å². The third-order valence-corrected chi connectivity index (χ3v) is 5.42. The average Bonchev–Trinajstić information content (AvgIpc) is 2.76. The summed E-state index contributed by atoms with van der Waals surface area (Å²) < 4.78 is 7.09. The fourth-order valence-corrected chi connectivity index (χ4v) is 3.79. The third kappa shape index (κ3) is 5.21. The Labute approximate surface area is 180 Å². The molecule has 1 saturated heterocycles. The van der Waals surface area contributed by atoms with Gasteiger partial charge in [-0.3, -0.25) is 14.4 Å². The molecule has 2 aromatic rings. The van der Waals surface area contributed by atoms with Crippen molar-refractivity contribution >= 4 is 23.4 Å². The number of aromatic nitrogens is 1. The summed E-state index contributed by atoms with van der Waals surface area (Å²) in [6.07, 6.45) is 1.50. The van der Waals surface area contributed by atoms with Gasteiger partial charge in [0, 0.05) is 25.7 Å². The van der Waals surface area contributed by atoms with Gasteiger partial charge in [0.15, 0.2) is 0 Å². The molecule has 1 aliphatic rings. The molecule has 1 aromatic heterocycles. The van der Waals surface area contributed by atoms with E-state index in [0.717, 1.165) is 12.8 Å². The lowest BCUT2D eigenvalue weighted by atomic mass is 9.97. The SMILES string of the molecule is CCNC(=O)[C@@H]1CCCN(C(=O)c2cccc(=O)n2CCOc2ccccc2Cl)C1. The van der Waals surface area contributed by atoms with Crippen LogP contribution in [-0.2, 0) is 11.3 Å². The molecule has 8 heteroatoms. The standard InChI is InChI=1S/C22H26ClN3O4/c1-2-24-21(28)16-7-6-12-25(15-16)22(29)18-9-5-11-20(27)26(18)13-14-30-19-10-4-3-8-17(19)23/h3-5,8-11,16H,2,6-7,12-15H2,1H3,(H,24,28)/t16-/m1/s1. The quantitative estimate of drug-likeness (QED) is 0.730. The highest BCUT2D eigenvalue weighted by Gasteiger charge is 2.29. The van der Waals surface area contributed by atoms with Crippen LogP contribution < -0.4 is 15.6 Å². The number of benzene rings is 1. The third-order valence-electron chi connectivity index (χ3n) is 5.11. The Hall–Kier alpha value is -2.80. The van der Waals surface area contributed by atoms with Crippen molar-refractivity contribution < 1.29 is 14.3 Å². The fourth-order valence-electron chi connectivity index (χ4n) is 3.60. The van der Waals surface area contributed by atoms with Crippen LogP contribution in [0.5, 0.6) is 5.75 Å². The minimum absolute atomic E-state index is 0.0337. The number of pyridine rings is 1. The number of hydrogen-bond acceptors (Lipinski definition) is 4. The average molecular weight is 432 g/mol. The first-order chi connectivity index (χ1) is 14.5. The molecular weight excluding hydrogens is 406 g/mol. The lowest BCUT2D eigenvalue weighted by molar-refractivity contribution is -0.126. The Morgan fingerprint density at radius 3 is 2.77 bits per heavy atom. The van der Waals surface area contributed by atoms with Crippen molar-refractivity contribution in [3.8, 4) is 5.75 Å². The summed E-state index contributed by atoms with van der Waals surface area (Å²) in [5.41, 5.74) is 0.0164. The van der Waals surface area contributed by atoms with Crippen LogP contribution in [0.25, 0.3) is 0 Å². The second-order valence-corrected chi connectivity index (χ2v) is 7.57. The van der Waals surface area contributed by atoms with Crippen LogP contribution >= 0.6 is 11.6 Å². The van der Waals surface area contributed by atoms with Crippen molar-refractivity contribution in [2.75, 3.05) is 26.2 Å². The van der Waals surface area contributed by atoms with Gasteiger partial charge in [-0.25, -0.2) is 0 Å². The molecule has 1 atom stereocenters. The second-order valence-electron chi connectivity index (χ2n) is 7.16. The van der Waals surface area contributed by atoms with E-state index in [4.69, 9.17) is 16.3 Å². The van der Waals surface area contributed by atoms with Gasteiger partial charge in [0.2, 0.25) is 5.91 Å². The molecule has 3 rings (SSSR count). The Kier molecular flexibility index (Phi) is 7.52. The fraction of sp³-hybridized carbons (Fsp3) is 0.409. The van der Waals surface area contributed by atoms with Gasteiger partial charge < -0.3 is 19.5 Å². The van der Waals surface area contributed by atoms with E-state index in [2.05, 4.69) is 5.32 Å². The highest BCUT2D eigenvalue weighted by molar-refractivity contribution is 6.32. The number of nitrogens with one attached hydrogen (secondary N) is 1. The van der Waals surface area contributed by atoms with Crippen LogP contribution in [0.3, 0.4) is 0 Å². The van der Waals surface area contributed by atoms with Crippen LogP contribution in [0, 0.1) is 5.92 Å². The highest BCUT2D eigenvalue weighted by atomic mass is 35.5. The Bertz CT molecular complexity index is 959. The van der Waals surface area contributed by atoms with Crippen molar-refractivity contribution in [2.45, 2.75) is 26.3 Å². The number of amides is 2. The maximum Gasteiger partial charge on any atom is 0.270 e. The number of carbonyl (C=O) groups excluding carboxylic acids is 2. The van der Waals surface area contributed by atoms with Crippen LogP contribution in [0.2, 0.25) is 5.02 Å². The Morgan fingerprint density at radius 2 is 2.00 bits per heavy atom. The summed E-state index contributed by atoms with van der Waals surface area (Å²) in [5, 5.41) is 3.31. The smallest absolute Gasteiger partial charge is 0.270 e. The zero-order chi connectivity index (χ0) is 21.5. The summed E-state index contributed by atoms with van der Waals surface area (Å²) in [6, 6.07) is 11.7. The van der Waals surface area contributed by atoms with Gasteiger partial charge >= 0.3 is 0 Å². The number of piperidine rings is 1. The maximum atomic E-state index is 13.2. The van der Waals surface area contributed by atoms with E-state index in [1.807, 2.05) is 13.0 Å². The molecule has 2 amide bonds. The van der Waals surface area contributed by atoms with E-state index in [-0.39, 0.29) is 36.4 Å². The lowest BCUT2D eigenvalue weighted by Gasteiger charge is -2.32. The van der Waals surface area contributed by atoms with E-state index in [9.17, 15) is 14.4 Å². The van der Waals surface area contributed by atoms with E-state index in [1.54, 1.807) is 35.2 Å². The molecule has 1 fully saturated rings. The molecular formula is C22H26ClN3O4. The molecule has 1 N–H and O–H groups in total. The van der Waals surface area contributed by atoms with Gasteiger partial charge in [-0.05, 0) is 38.0 Å². The Balaban J connectivity index is 1.72. The summed E-state index contributed by atoms with van der Waals surface area (Å²) in [7, 11) is 0. The summed E-state index contributed by atoms with van der Waals surface area (Å²) in [5.74, 6) is 0.0138. The van der Waals surface area contributed by atoms with Crippen molar-refractivity contribution in [2.24, 2.45) is 5.92 Å². The molecule has 160 valence electrons. The van der Waals surface area contributed by atoms with Gasteiger partial charge in [-0.15, -0.1) is 0 Å². The van der Waals surface area contributed by atoms with E-state index >= 15 is 0 Å². The number of likely N-dealkylation sites (tertiary alicyclic amines) is 1. The van der Waals surface area contributed by atoms with E-state index in [1.165, 1.54) is 10.6 Å². The number of hydrogen-bond donors (Lipinski definition) is 1. The van der Waals surface area contributed by atoms with Gasteiger partial charge in [-0.1, -0.05) is 29.8 Å². The number of ether oxygens (including phenoxy) is 1. The Morgan fingerprint density at radius 1 is 1.20 bits per heavy atom. The van der Waals surface area contributed by atoms with Gasteiger partial charge in [0.05, 0.1) is 17.5 Å². The minimum atomic E-state index is -0.277. The highest BCUT2D eigenvalue weighted by Crippen LogP contribution is 2.23. The molecule has 0 spiro atoms. The van der Waals surface area contributed by atoms with Crippen LogP contribution in [0.4, 0.5) is 0 Å². The minimum Gasteiger partial charge on any atom is -0.490 e. The van der Waals surface area contributed by atoms with Crippen LogP contribution in [0.1, 0.15) is 30.3 Å². The van der Waals surface area contributed by atoms with Gasteiger partial charge in [0.25, 0.3) is 11.5 Å². The number of nitrogens with zero attached hydrogens (tertiary/aromatic N) is 2. The summed E-state index contributed by atoms with van der Waals surface area (Å²) in [4.78, 5) is 39.5. The molecule has 1 aliphatic heterocycles. The van der Waals surface area contributed by atoms with E-state index in [0.29, 0.717) is 36.1 Å². The molecule has 0 saturated carbocycles. The zero-order valence-corrected chi connectivity index (χ0v) is 17.7. The molecule has 2 heterocycles. The first-order valence-electron chi connectivity index (χ1n) is 10.2. The van der Waals surface area contributed by atoms with Gasteiger partial charge in [-0.2, -0.15) is 0 Å². The molecule has 1 aromatic carbocycles. The molecule has 0 unspecified atom stereocenters. The molecule has 30 heavy (non-hydrogen) atoms. The number of rotatable bonds is 7. The first kappa shape index (κ1) is 21.9. The molecule has 0 radical (unpaired) electrons. The molecule has 0 bridgehead atoms. The van der Waals surface area contributed by atoms with Crippen molar-refractivity contribution in [1.29, 1.82) is 0 Å². The first-order valence-corrected chi connectivity index (χ1v) is 10.5. The van der Waals surface area contributed by atoms with Crippen molar-refractivity contribution in [1.82, 2.24) is 14.8 Å². The predicted molar refractivity (Wildman–Crippen MR) is 115 cm³/mol. The molecule has 7 nitrogen and oxygen atoms in total. The second kappa shape index (κ2) is 10.3. The number of halogens is 1. The van der Waals surface area contributed by atoms with E-state index < -0.39 is 0 Å². The van der Waals surface area contributed by atoms with Crippen LogP contribution in [0.15, 0.2) is 47.3 Å². The monoisotopic (exact) mass is 431 g/mol. The predicted octanol–water partition coefficient (Wildman–Crippen LogP) is 2.57. The van der Waals surface area contributed by atoms with Gasteiger partial charge in [0.1, 0.15) is 18.1 Å². The number of carbonyl (C=O) groups is 2. The summed E-state index contributed by atoms with van der Waals surface area (Å²) >= 11 is 6.10. The number of para-hydroxylation sites is 1.